The molecular weight excluding hydrogens is 345 g/mol. The van der Waals surface area contributed by atoms with Gasteiger partial charge in [-0.1, -0.05) is 5.16 Å². The maximum absolute atomic E-state index is 12.5. The number of carbonyl (C=O) groups excluding carboxylic acids is 1. The highest BCUT2D eigenvalue weighted by molar-refractivity contribution is 6.41. The molecule has 5 N–H and O–H groups in total. The third kappa shape index (κ3) is 4.67. The van der Waals surface area contributed by atoms with Crippen LogP contribution in [0.2, 0.25) is 0 Å². The maximum atomic E-state index is 12.5. The number of carboxylic acid groups (broad SMARTS) is 1. The number of rotatable bonds is 0. The molecule has 0 aliphatic carbocycles. The molecule has 0 spiro atoms. The lowest BCUT2D eigenvalue weighted by Gasteiger charge is -2.34. The normalized spacial score (nSPS) is 34.2. The van der Waals surface area contributed by atoms with E-state index in [2.05, 4.69) is 21.1 Å². The number of Topliss-reactive ketones (excluding diaryl/α,β-unsaturated/α-hetero) is 1. The Morgan fingerprint density at radius 3 is 2.48 bits per heavy atom. The molecule has 142 valence electrons. The first-order valence-corrected chi connectivity index (χ1v) is 8.02. The molecule has 0 amide bonds. The second-order valence-electron chi connectivity index (χ2n) is 6.21. The molecule has 3 aliphatic heterocycles. The van der Waals surface area contributed by atoms with E-state index in [-0.39, 0.29) is 29.8 Å². The van der Waals surface area contributed by atoms with Crippen molar-refractivity contribution in [3.8, 4) is 0 Å². The number of oxime groups is 1. The van der Waals surface area contributed by atoms with Crippen molar-refractivity contribution >= 4 is 17.5 Å². The molecule has 3 rings (SSSR count). The largest absolute Gasteiger partial charge is 0.490 e. The molecule has 3 heterocycles. The van der Waals surface area contributed by atoms with E-state index in [1.165, 1.54) is 0 Å². The summed E-state index contributed by atoms with van der Waals surface area (Å²) in [6.45, 7) is 2.64. The van der Waals surface area contributed by atoms with Crippen molar-refractivity contribution in [2.24, 2.45) is 17.0 Å². The van der Waals surface area contributed by atoms with Crippen LogP contribution in [0.4, 0.5) is 13.2 Å². The van der Waals surface area contributed by atoms with Crippen LogP contribution in [-0.4, -0.2) is 65.8 Å². The predicted molar refractivity (Wildman–Crippen MR) is 80.3 cm³/mol. The lowest BCUT2D eigenvalue weighted by atomic mass is 9.84. The molecule has 0 aromatic rings. The molecule has 8 nitrogen and oxygen atoms in total. The average Bonchev–Trinajstić information content (AvgIpc) is 2.68. The number of carboxylic acids is 1. The van der Waals surface area contributed by atoms with Crippen LogP contribution in [-0.2, 0) is 9.59 Å². The zero-order chi connectivity index (χ0) is 18.6. The van der Waals surface area contributed by atoms with Crippen molar-refractivity contribution in [3.05, 3.63) is 0 Å². The first kappa shape index (κ1) is 19.6. The van der Waals surface area contributed by atoms with E-state index in [1.54, 1.807) is 0 Å². The van der Waals surface area contributed by atoms with Crippen LogP contribution in [0.1, 0.15) is 19.3 Å². The Morgan fingerprint density at radius 2 is 1.88 bits per heavy atom. The zero-order valence-electron chi connectivity index (χ0n) is 13.3. The van der Waals surface area contributed by atoms with Gasteiger partial charge in [-0.15, -0.1) is 0 Å². The molecule has 4 atom stereocenters. The maximum Gasteiger partial charge on any atom is 0.490 e. The van der Waals surface area contributed by atoms with Crippen LogP contribution >= 0.6 is 0 Å². The van der Waals surface area contributed by atoms with Crippen LogP contribution in [0.25, 0.3) is 0 Å². The fraction of sp³-hybridized carbons (Fsp3) is 0.786. The third-order valence-electron chi connectivity index (χ3n) is 4.62. The number of hydrogen-bond donors (Lipinski definition) is 5. The summed E-state index contributed by atoms with van der Waals surface area (Å²) in [6, 6.07) is 0.175. The Bertz CT molecular complexity index is 541. The van der Waals surface area contributed by atoms with E-state index in [1.807, 2.05) is 0 Å². The summed E-state index contributed by atoms with van der Waals surface area (Å²) in [5.74, 6) is -2.78. The summed E-state index contributed by atoms with van der Waals surface area (Å²) in [5, 5.41) is 29.9. The molecule has 0 aromatic heterocycles. The van der Waals surface area contributed by atoms with Gasteiger partial charge in [-0.2, -0.15) is 13.2 Å². The van der Waals surface area contributed by atoms with E-state index in [0.29, 0.717) is 5.71 Å². The first-order valence-electron chi connectivity index (χ1n) is 8.02. The van der Waals surface area contributed by atoms with Gasteiger partial charge < -0.3 is 20.9 Å². The third-order valence-corrected chi connectivity index (χ3v) is 4.62. The highest BCUT2D eigenvalue weighted by Crippen LogP contribution is 2.27. The molecular formula is C14H21F3N4O4. The van der Waals surface area contributed by atoms with Gasteiger partial charge >= 0.3 is 12.1 Å². The Balaban J connectivity index is 0.000000277. The SMILES string of the molecule is O=C(O)C(F)(F)F.O=C1C(=NO)C2CCNCC2NC2NCCCC12. The van der Waals surface area contributed by atoms with Gasteiger partial charge in [0.2, 0.25) is 0 Å². The van der Waals surface area contributed by atoms with Crippen molar-refractivity contribution in [2.75, 3.05) is 19.6 Å². The molecule has 3 fully saturated rings. The summed E-state index contributed by atoms with van der Waals surface area (Å²) in [5.41, 5.74) is 0.380. The molecule has 4 unspecified atom stereocenters. The molecule has 11 heteroatoms. The Kier molecular flexibility index (Phi) is 6.36. The van der Waals surface area contributed by atoms with Crippen molar-refractivity contribution in [1.82, 2.24) is 16.0 Å². The summed E-state index contributed by atoms with van der Waals surface area (Å²) in [4.78, 5) is 21.4. The van der Waals surface area contributed by atoms with Crippen LogP contribution < -0.4 is 16.0 Å². The van der Waals surface area contributed by atoms with Crippen LogP contribution in [0.5, 0.6) is 0 Å². The van der Waals surface area contributed by atoms with E-state index in [0.717, 1.165) is 38.9 Å². The number of carbonyl (C=O) groups is 2. The number of hydrogen-bond acceptors (Lipinski definition) is 7. The van der Waals surface area contributed by atoms with Gasteiger partial charge in [0.25, 0.3) is 0 Å². The molecule has 0 bridgehead atoms. The molecule has 3 aliphatic rings. The summed E-state index contributed by atoms with van der Waals surface area (Å²) >= 11 is 0. The van der Waals surface area contributed by atoms with Gasteiger partial charge in [0.05, 0.1) is 12.1 Å². The molecule has 0 radical (unpaired) electrons. The number of piperidine rings is 2. The zero-order valence-corrected chi connectivity index (χ0v) is 13.3. The molecule has 0 saturated carbocycles. The van der Waals surface area contributed by atoms with Crippen molar-refractivity contribution in [1.29, 1.82) is 0 Å². The number of ketones is 1. The van der Waals surface area contributed by atoms with Crippen LogP contribution in [0.3, 0.4) is 0 Å². The Labute approximate surface area is 141 Å². The van der Waals surface area contributed by atoms with Gasteiger partial charge in [0.15, 0.2) is 5.78 Å². The fourth-order valence-electron chi connectivity index (χ4n) is 3.43. The second-order valence-corrected chi connectivity index (χ2v) is 6.21. The minimum atomic E-state index is -5.08. The number of fused-ring (bicyclic) bond motifs is 2. The van der Waals surface area contributed by atoms with Crippen LogP contribution in [0.15, 0.2) is 5.16 Å². The van der Waals surface area contributed by atoms with E-state index >= 15 is 0 Å². The summed E-state index contributed by atoms with van der Waals surface area (Å²) in [7, 11) is 0. The van der Waals surface area contributed by atoms with Gasteiger partial charge in [-0.25, -0.2) is 4.79 Å². The topological polar surface area (TPSA) is 123 Å². The number of halogens is 3. The monoisotopic (exact) mass is 366 g/mol. The Hall–Kier alpha value is -1.72. The molecule has 3 saturated heterocycles. The summed E-state index contributed by atoms with van der Waals surface area (Å²) < 4.78 is 31.7. The van der Waals surface area contributed by atoms with E-state index in [4.69, 9.17) is 9.90 Å². The highest BCUT2D eigenvalue weighted by Gasteiger charge is 2.44. The van der Waals surface area contributed by atoms with E-state index in [9.17, 15) is 23.2 Å². The van der Waals surface area contributed by atoms with Crippen molar-refractivity contribution in [3.63, 3.8) is 0 Å². The van der Waals surface area contributed by atoms with Crippen molar-refractivity contribution in [2.45, 2.75) is 37.6 Å². The standard InChI is InChI=1S/C12H20N4O2.C2HF3O2/c17-11-8-2-1-4-14-12(8)15-9-6-13-5-3-7(9)10(11)16-18;3-2(4,5)1(6)7/h7-9,12-15,18H,1-6H2;(H,6,7). The lowest BCUT2D eigenvalue weighted by Crippen LogP contribution is -2.58. The minimum absolute atomic E-state index is 0.0246. The minimum Gasteiger partial charge on any atom is -0.475 e. The number of aliphatic carboxylic acids is 1. The van der Waals surface area contributed by atoms with Crippen molar-refractivity contribution < 1.29 is 33.1 Å². The average molecular weight is 366 g/mol. The molecule has 25 heavy (non-hydrogen) atoms. The smallest absolute Gasteiger partial charge is 0.475 e. The number of nitrogens with zero attached hydrogens (tertiary/aromatic N) is 1. The lowest BCUT2D eigenvalue weighted by molar-refractivity contribution is -0.192. The van der Waals surface area contributed by atoms with Gasteiger partial charge in [0.1, 0.15) is 5.71 Å². The predicted octanol–water partition coefficient (Wildman–Crippen LogP) is -0.0740. The Morgan fingerprint density at radius 1 is 1.20 bits per heavy atom. The highest BCUT2D eigenvalue weighted by atomic mass is 19.4. The van der Waals surface area contributed by atoms with Gasteiger partial charge in [-0.3, -0.25) is 10.1 Å². The quantitative estimate of drug-likeness (QED) is 0.300. The van der Waals surface area contributed by atoms with Gasteiger partial charge in [-0.05, 0) is 32.4 Å². The first-order chi connectivity index (χ1) is 11.8. The molecule has 0 aromatic carbocycles. The number of nitrogens with one attached hydrogen (secondary N) is 3. The summed E-state index contributed by atoms with van der Waals surface area (Å²) in [6.07, 6.45) is -2.34. The van der Waals surface area contributed by atoms with Crippen LogP contribution in [0, 0.1) is 11.8 Å². The van der Waals surface area contributed by atoms with E-state index < -0.39 is 12.1 Å². The number of alkyl halides is 3. The second kappa shape index (κ2) is 8.11. The van der Waals surface area contributed by atoms with Gasteiger partial charge in [0, 0.05) is 18.5 Å². The fourth-order valence-corrected chi connectivity index (χ4v) is 3.43.